The molecule has 3 N–H and O–H groups in total. The average Bonchev–Trinajstić information content (AvgIpc) is 2.32. The van der Waals surface area contributed by atoms with Crippen LogP contribution in [0.15, 0.2) is 23.1 Å². The van der Waals surface area contributed by atoms with E-state index in [0.29, 0.717) is 0 Å². The number of benzene rings is 1. The van der Waals surface area contributed by atoms with Crippen LogP contribution in [-0.2, 0) is 0 Å². The molecule has 0 heterocycles. The lowest BCUT2D eigenvalue weighted by Crippen LogP contribution is -2.51. The van der Waals surface area contributed by atoms with Crippen LogP contribution in [0.25, 0.3) is 0 Å². The van der Waals surface area contributed by atoms with E-state index >= 15 is 0 Å². The third-order valence-corrected chi connectivity index (χ3v) is 2.66. The zero-order valence-corrected chi connectivity index (χ0v) is 10.2. The number of thiol groups is 1. The minimum Gasteiger partial charge on any atom is -0.394 e. The summed E-state index contributed by atoms with van der Waals surface area (Å²) in [5.41, 5.74) is -0.896. The van der Waals surface area contributed by atoms with Gasteiger partial charge in [0.05, 0.1) is 18.8 Å². The SMILES string of the molecule is CC(CO)(CO)NC(=O)c1ccc(F)c(S)c1. The summed E-state index contributed by atoms with van der Waals surface area (Å²) in [6, 6.07) is 3.72. The van der Waals surface area contributed by atoms with Gasteiger partial charge in [0, 0.05) is 10.5 Å². The van der Waals surface area contributed by atoms with Gasteiger partial charge in [0.2, 0.25) is 0 Å². The standard InChI is InChI=1S/C11H14FNO3S/c1-11(5-14,6-15)13-10(16)7-2-3-8(12)9(17)4-7/h2-4,14-15,17H,5-6H2,1H3,(H,13,16). The Morgan fingerprint density at radius 1 is 1.47 bits per heavy atom. The molecule has 1 aromatic carbocycles. The predicted molar refractivity (Wildman–Crippen MR) is 63.7 cm³/mol. The molecule has 0 radical (unpaired) electrons. The van der Waals surface area contributed by atoms with E-state index < -0.39 is 30.5 Å². The highest BCUT2D eigenvalue weighted by Crippen LogP contribution is 2.15. The number of aliphatic hydroxyl groups is 2. The van der Waals surface area contributed by atoms with Crippen molar-refractivity contribution in [2.75, 3.05) is 13.2 Å². The molecule has 4 nitrogen and oxygen atoms in total. The third-order valence-electron chi connectivity index (χ3n) is 2.32. The topological polar surface area (TPSA) is 69.6 Å². The highest BCUT2D eigenvalue weighted by molar-refractivity contribution is 7.80. The highest BCUT2D eigenvalue weighted by Gasteiger charge is 2.25. The summed E-state index contributed by atoms with van der Waals surface area (Å²) in [5, 5.41) is 20.5. The molecule has 0 aromatic heterocycles. The van der Waals surface area contributed by atoms with Gasteiger partial charge in [0.1, 0.15) is 5.82 Å². The molecule has 6 heteroatoms. The van der Waals surface area contributed by atoms with Gasteiger partial charge < -0.3 is 15.5 Å². The van der Waals surface area contributed by atoms with Gasteiger partial charge >= 0.3 is 0 Å². The molecule has 0 fully saturated rings. The van der Waals surface area contributed by atoms with E-state index in [1.165, 1.54) is 19.1 Å². The molecular formula is C11H14FNO3S. The van der Waals surface area contributed by atoms with Gasteiger partial charge in [-0.2, -0.15) is 0 Å². The van der Waals surface area contributed by atoms with E-state index in [-0.39, 0.29) is 10.5 Å². The molecule has 0 bridgehead atoms. The fraction of sp³-hybridized carbons (Fsp3) is 0.364. The van der Waals surface area contributed by atoms with Crippen LogP contribution >= 0.6 is 12.6 Å². The summed E-state index contributed by atoms with van der Waals surface area (Å²) >= 11 is 3.87. The minimum atomic E-state index is -1.11. The Bertz CT molecular complexity index is 421. The van der Waals surface area contributed by atoms with Gasteiger partial charge in [-0.3, -0.25) is 4.79 Å². The summed E-state index contributed by atoms with van der Waals surface area (Å²) in [6.45, 7) is 0.699. The number of halogens is 1. The lowest BCUT2D eigenvalue weighted by atomic mass is 10.0. The maximum atomic E-state index is 12.9. The second-order valence-corrected chi connectivity index (χ2v) is 4.48. The molecule has 1 amide bonds. The van der Waals surface area contributed by atoms with Gasteiger partial charge in [-0.05, 0) is 25.1 Å². The van der Waals surface area contributed by atoms with Crippen LogP contribution in [0, 0.1) is 5.82 Å². The lowest BCUT2D eigenvalue weighted by molar-refractivity contribution is 0.0723. The first-order chi connectivity index (χ1) is 7.91. The van der Waals surface area contributed by atoms with Crippen LogP contribution in [-0.4, -0.2) is 34.9 Å². The first-order valence-electron chi connectivity index (χ1n) is 4.94. The maximum Gasteiger partial charge on any atom is 0.251 e. The molecule has 0 aliphatic carbocycles. The van der Waals surface area contributed by atoms with Crippen LogP contribution in [0.2, 0.25) is 0 Å². The summed E-state index contributed by atoms with van der Waals surface area (Å²) < 4.78 is 12.9. The number of carbonyl (C=O) groups excluding carboxylic acids is 1. The van der Waals surface area contributed by atoms with Crippen molar-refractivity contribution >= 4 is 18.5 Å². The van der Waals surface area contributed by atoms with E-state index in [0.717, 1.165) is 6.07 Å². The number of rotatable bonds is 4. The van der Waals surface area contributed by atoms with E-state index in [1.807, 2.05) is 0 Å². The van der Waals surface area contributed by atoms with Gasteiger partial charge in [0.15, 0.2) is 0 Å². The second-order valence-electron chi connectivity index (χ2n) is 4.00. The van der Waals surface area contributed by atoms with Crippen LogP contribution in [0.3, 0.4) is 0 Å². The number of amides is 1. The lowest BCUT2D eigenvalue weighted by Gasteiger charge is -2.26. The van der Waals surface area contributed by atoms with Gasteiger partial charge in [-0.15, -0.1) is 12.6 Å². The van der Waals surface area contributed by atoms with Crippen molar-refractivity contribution < 1.29 is 19.4 Å². The largest absolute Gasteiger partial charge is 0.394 e. The Labute approximate surface area is 104 Å². The number of aliphatic hydroxyl groups excluding tert-OH is 2. The zero-order valence-electron chi connectivity index (χ0n) is 9.27. The summed E-state index contributed by atoms with van der Waals surface area (Å²) in [4.78, 5) is 11.8. The van der Waals surface area contributed by atoms with Crippen LogP contribution in [0.4, 0.5) is 4.39 Å². The van der Waals surface area contributed by atoms with Crippen molar-refractivity contribution in [1.29, 1.82) is 0 Å². The van der Waals surface area contributed by atoms with Crippen LogP contribution in [0.5, 0.6) is 0 Å². The van der Waals surface area contributed by atoms with Crippen molar-refractivity contribution in [3.63, 3.8) is 0 Å². The maximum absolute atomic E-state index is 12.9. The number of nitrogens with one attached hydrogen (secondary N) is 1. The van der Waals surface area contributed by atoms with E-state index in [2.05, 4.69) is 17.9 Å². The molecule has 0 saturated heterocycles. The molecule has 94 valence electrons. The summed E-state index contributed by atoms with van der Waals surface area (Å²) in [7, 11) is 0. The Kier molecular flexibility index (Phi) is 4.50. The van der Waals surface area contributed by atoms with E-state index in [9.17, 15) is 9.18 Å². The highest BCUT2D eigenvalue weighted by atomic mass is 32.1. The minimum absolute atomic E-state index is 0.0624. The predicted octanol–water partition coefficient (Wildman–Crippen LogP) is 0.587. The van der Waals surface area contributed by atoms with Gasteiger partial charge in [-0.25, -0.2) is 4.39 Å². The van der Waals surface area contributed by atoms with E-state index in [4.69, 9.17) is 10.2 Å². The molecule has 1 rings (SSSR count). The second kappa shape index (κ2) is 5.48. The zero-order chi connectivity index (χ0) is 13.1. The normalized spacial score (nSPS) is 11.4. The van der Waals surface area contributed by atoms with Crippen molar-refractivity contribution in [3.8, 4) is 0 Å². The quantitative estimate of drug-likeness (QED) is 0.598. The van der Waals surface area contributed by atoms with E-state index in [1.54, 1.807) is 0 Å². The molecule has 0 spiro atoms. The Hall–Kier alpha value is -1.11. The molecule has 17 heavy (non-hydrogen) atoms. The molecular weight excluding hydrogens is 245 g/mol. The first-order valence-corrected chi connectivity index (χ1v) is 5.39. The molecule has 0 aliphatic rings. The van der Waals surface area contributed by atoms with Gasteiger partial charge in [-0.1, -0.05) is 0 Å². The molecule has 0 atom stereocenters. The van der Waals surface area contributed by atoms with Crippen molar-refractivity contribution in [2.24, 2.45) is 0 Å². The summed E-state index contributed by atoms with van der Waals surface area (Å²) in [6.07, 6.45) is 0. The van der Waals surface area contributed by atoms with Crippen molar-refractivity contribution in [1.82, 2.24) is 5.32 Å². The van der Waals surface area contributed by atoms with Crippen molar-refractivity contribution in [3.05, 3.63) is 29.6 Å². The van der Waals surface area contributed by atoms with Crippen LogP contribution < -0.4 is 5.32 Å². The summed E-state index contributed by atoms with van der Waals surface area (Å²) in [5.74, 6) is -1.03. The first kappa shape index (κ1) is 14.0. The average molecular weight is 259 g/mol. The third kappa shape index (κ3) is 3.42. The number of hydrogen-bond acceptors (Lipinski definition) is 4. The number of carbonyl (C=O) groups is 1. The Morgan fingerprint density at radius 3 is 2.53 bits per heavy atom. The Morgan fingerprint density at radius 2 is 2.06 bits per heavy atom. The fourth-order valence-corrected chi connectivity index (χ4v) is 1.34. The molecule has 0 unspecified atom stereocenters. The van der Waals surface area contributed by atoms with Gasteiger partial charge in [0.25, 0.3) is 5.91 Å². The van der Waals surface area contributed by atoms with Crippen molar-refractivity contribution in [2.45, 2.75) is 17.4 Å². The smallest absolute Gasteiger partial charge is 0.251 e. The van der Waals surface area contributed by atoms with Crippen LogP contribution in [0.1, 0.15) is 17.3 Å². The fourth-order valence-electron chi connectivity index (χ4n) is 1.13. The molecule has 0 aliphatic heterocycles. The molecule has 0 saturated carbocycles. The number of hydrogen-bond donors (Lipinski definition) is 4. The monoisotopic (exact) mass is 259 g/mol. The Balaban J connectivity index is 2.86. The molecule has 1 aromatic rings.